The highest BCUT2D eigenvalue weighted by Gasteiger charge is 2.10. The molecule has 1 unspecified atom stereocenters. The standard InChI is InChI=1S/C12H16O2S/c1-3-10-4-6-11(7-5-10)8-15-9(2)12(13)14/h4-7,9H,3,8H2,1-2H3,(H,13,14). The van der Waals surface area contributed by atoms with Crippen LogP contribution in [0.15, 0.2) is 24.3 Å². The van der Waals surface area contributed by atoms with Crippen molar-refractivity contribution in [2.45, 2.75) is 31.3 Å². The van der Waals surface area contributed by atoms with E-state index < -0.39 is 5.97 Å². The van der Waals surface area contributed by atoms with E-state index in [9.17, 15) is 4.79 Å². The first kappa shape index (κ1) is 12.1. The predicted molar refractivity (Wildman–Crippen MR) is 64.2 cm³/mol. The largest absolute Gasteiger partial charge is 0.480 e. The lowest BCUT2D eigenvalue weighted by atomic mass is 10.1. The van der Waals surface area contributed by atoms with Crippen molar-refractivity contribution in [3.05, 3.63) is 35.4 Å². The SMILES string of the molecule is CCc1ccc(CSC(C)C(=O)O)cc1. The maximum atomic E-state index is 10.6. The highest BCUT2D eigenvalue weighted by molar-refractivity contribution is 7.99. The van der Waals surface area contributed by atoms with Gasteiger partial charge in [0.2, 0.25) is 0 Å². The molecule has 3 heteroatoms. The van der Waals surface area contributed by atoms with Gasteiger partial charge in [-0.2, -0.15) is 0 Å². The summed E-state index contributed by atoms with van der Waals surface area (Å²) in [6.45, 7) is 3.84. The smallest absolute Gasteiger partial charge is 0.316 e. The number of aliphatic carboxylic acids is 1. The van der Waals surface area contributed by atoms with Gasteiger partial charge in [0.15, 0.2) is 0 Å². The number of benzene rings is 1. The van der Waals surface area contributed by atoms with Gasteiger partial charge in [0.05, 0.1) is 5.25 Å². The van der Waals surface area contributed by atoms with Crippen molar-refractivity contribution in [1.82, 2.24) is 0 Å². The Balaban J connectivity index is 2.47. The van der Waals surface area contributed by atoms with E-state index in [-0.39, 0.29) is 5.25 Å². The van der Waals surface area contributed by atoms with Crippen LogP contribution in [0, 0.1) is 0 Å². The Morgan fingerprint density at radius 3 is 2.33 bits per heavy atom. The van der Waals surface area contributed by atoms with Gasteiger partial charge in [0.1, 0.15) is 0 Å². The van der Waals surface area contributed by atoms with Gasteiger partial charge in [-0.3, -0.25) is 4.79 Å². The summed E-state index contributed by atoms with van der Waals surface area (Å²) in [6.07, 6.45) is 1.04. The second-order valence-electron chi connectivity index (χ2n) is 3.46. The van der Waals surface area contributed by atoms with Gasteiger partial charge >= 0.3 is 5.97 Å². The summed E-state index contributed by atoms with van der Waals surface area (Å²) in [6, 6.07) is 8.34. The lowest BCUT2D eigenvalue weighted by molar-refractivity contribution is -0.136. The molecule has 0 aliphatic carbocycles. The second-order valence-corrected chi connectivity index (χ2v) is 4.79. The highest BCUT2D eigenvalue weighted by Crippen LogP contribution is 2.18. The van der Waals surface area contributed by atoms with Crippen LogP contribution in [0.5, 0.6) is 0 Å². The summed E-state index contributed by atoms with van der Waals surface area (Å²) in [5.41, 5.74) is 2.50. The maximum Gasteiger partial charge on any atom is 0.316 e. The number of hydrogen-bond acceptors (Lipinski definition) is 2. The van der Waals surface area contributed by atoms with Gasteiger partial charge in [0, 0.05) is 5.75 Å². The van der Waals surface area contributed by atoms with E-state index >= 15 is 0 Å². The predicted octanol–water partition coefficient (Wildman–Crippen LogP) is 2.96. The third-order valence-corrected chi connectivity index (χ3v) is 3.48. The van der Waals surface area contributed by atoms with Gasteiger partial charge in [-0.15, -0.1) is 11.8 Å². The Kier molecular flexibility index (Phi) is 4.69. The minimum atomic E-state index is -0.745. The van der Waals surface area contributed by atoms with E-state index in [1.807, 2.05) is 0 Å². The van der Waals surface area contributed by atoms with Crippen LogP contribution in [0.3, 0.4) is 0 Å². The van der Waals surface area contributed by atoms with E-state index in [1.54, 1.807) is 6.92 Å². The van der Waals surface area contributed by atoms with Crippen LogP contribution < -0.4 is 0 Å². The molecule has 0 amide bonds. The quantitative estimate of drug-likeness (QED) is 0.835. The van der Waals surface area contributed by atoms with Crippen LogP contribution in [0.25, 0.3) is 0 Å². The fourth-order valence-electron chi connectivity index (χ4n) is 1.16. The van der Waals surface area contributed by atoms with Crippen molar-refractivity contribution in [2.24, 2.45) is 0 Å². The third-order valence-electron chi connectivity index (χ3n) is 2.28. The molecule has 0 saturated carbocycles. The molecular weight excluding hydrogens is 208 g/mol. The zero-order chi connectivity index (χ0) is 11.3. The first-order chi connectivity index (χ1) is 7.13. The fourth-order valence-corrected chi connectivity index (χ4v) is 1.94. The number of carboxylic acids is 1. The summed E-state index contributed by atoms with van der Waals surface area (Å²) in [4.78, 5) is 10.6. The van der Waals surface area contributed by atoms with Crippen LogP contribution in [-0.2, 0) is 17.0 Å². The zero-order valence-corrected chi connectivity index (χ0v) is 9.88. The molecule has 0 radical (unpaired) electrons. The molecular formula is C12H16O2S. The van der Waals surface area contributed by atoms with Crippen LogP contribution in [0.2, 0.25) is 0 Å². The number of hydrogen-bond donors (Lipinski definition) is 1. The van der Waals surface area contributed by atoms with E-state index in [1.165, 1.54) is 22.9 Å². The summed E-state index contributed by atoms with van der Waals surface area (Å²) in [5, 5.41) is 8.38. The van der Waals surface area contributed by atoms with Gasteiger partial charge in [-0.25, -0.2) is 0 Å². The van der Waals surface area contributed by atoms with Gasteiger partial charge in [-0.05, 0) is 24.5 Å². The van der Waals surface area contributed by atoms with Crippen LogP contribution in [0.1, 0.15) is 25.0 Å². The molecule has 15 heavy (non-hydrogen) atoms. The number of rotatable bonds is 5. The third kappa shape index (κ3) is 3.96. The summed E-state index contributed by atoms with van der Waals surface area (Å²) in [5.74, 6) is 0.0162. The maximum absolute atomic E-state index is 10.6. The Morgan fingerprint density at radius 2 is 1.87 bits per heavy atom. The Labute approximate surface area is 94.7 Å². The summed E-state index contributed by atoms with van der Waals surface area (Å²) in [7, 11) is 0. The highest BCUT2D eigenvalue weighted by atomic mass is 32.2. The number of thioether (sulfide) groups is 1. The monoisotopic (exact) mass is 224 g/mol. The van der Waals surface area contributed by atoms with Crippen LogP contribution in [-0.4, -0.2) is 16.3 Å². The van der Waals surface area contributed by atoms with Crippen molar-refractivity contribution >= 4 is 17.7 Å². The Morgan fingerprint density at radius 1 is 1.33 bits per heavy atom. The fraction of sp³-hybridized carbons (Fsp3) is 0.417. The average Bonchev–Trinajstić information content (AvgIpc) is 2.26. The molecule has 0 bridgehead atoms. The van der Waals surface area contributed by atoms with Crippen molar-refractivity contribution in [1.29, 1.82) is 0 Å². The Hall–Kier alpha value is -0.960. The first-order valence-corrected chi connectivity index (χ1v) is 6.10. The van der Waals surface area contributed by atoms with Crippen molar-refractivity contribution in [2.75, 3.05) is 0 Å². The van der Waals surface area contributed by atoms with Crippen LogP contribution in [0.4, 0.5) is 0 Å². The van der Waals surface area contributed by atoms with Gasteiger partial charge in [0.25, 0.3) is 0 Å². The second kappa shape index (κ2) is 5.81. The average molecular weight is 224 g/mol. The van der Waals surface area contributed by atoms with Crippen LogP contribution >= 0.6 is 11.8 Å². The first-order valence-electron chi connectivity index (χ1n) is 5.05. The summed E-state index contributed by atoms with van der Waals surface area (Å²) < 4.78 is 0. The molecule has 1 aromatic rings. The number of carbonyl (C=O) groups is 1. The molecule has 1 atom stereocenters. The minimum absolute atomic E-state index is 0.337. The van der Waals surface area contributed by atoms with Crippen molar-refractivity contribution in [3.8, 4) is 0 Å². The lowest BCUT2D eigenvalue weighted by Gasteiger charge is -2.06. The number of aryl methyl sites for hydroxylation is 1. The van der Waals surface area contributed by atoms with E-state index in [4.69, 9.17) is 5.11 Å². The molecule has 1 rings (SSSR count). The van der Waals surface area contributed by atoms with Crippen molar-refractivity contribution in [3.63, 3.8) is 0 Å². The molecule has 1 N–H and O–H groups in total. The summed E-state index contributed by atoms with van der Waals surface area (Å²) >= 11 is 1.45. The van der Waals surface area contributed by atoms with E-state index in [2.05, 4.69) is 31.2 Å². The molecule has 0 heterocycles. The van der Waals surface area contributed by atoms with E-state index in [0.29, 0.717) is 0 Å². The van der Waals surface area contributed by atoms with E-state index in [0.717, 1.165) is 12.2 Å². The molecule has 2 nitrogen and oxygen atoms in total. The van der Waals surface area contributed by atoms with Gasteiger partial charge in [-0.1, -0.05) is 31.2 Å². The molecule has 1 aromatic carbocycles. The Bertz CT molecular complexity index is 319. The molecule has 0 fully saturated rings. The molecule has 0 aliphatic heterocycles. The minimum Gasteiger partial charge on any atom is -0.480 e. The zero-order valence-electron chi connectivity index (χ0n) is 9.06. The molecule has 0 saturated heterocycles. The number of carboxylic acid groups (broad SMARTS) is 1. The molecule has 0 aliphatic rings. The lowest BCUT2D eigenvalue weighted by Crippen LogP contribution is -2.11. The van der Waals surface area contributed by atoms with Crippen molar-refractivity contribution < 1.29 is 9.90 Å². The molecule has 0 spiro atoms. The van der Waals surface area contributed by atoms with Gasteiger partial charge < -0.3 is 5.11 Å². The molecule has 82 valence electrons. The topological polar surface area (TPSA) is 37.3 Å². The normalized spacial score (nSPS) is 12.4. The molecule has 0 aromatic heterocycles.